The lowest BCUT2D eigenvalue weighted by atomic mass is 10.1. The lowest BCUT2D eigenvalue weighted by Crippen LogP contribution is -2.01. The number of aromatic nitrogens is 5. The molecule has 7 heteroatoms. The normalized spacial score (nSPS) is 11.3. The van der Waals surface area contributed by atoms with Crippen molar-refractivity contribution >= 4 is 11.0 Å². The zero-order valence-electron chi connectivity index (χ0n) is 14.5. The van der Waals surface area contributed by atoms with E-state index in [4.69, 9.17) is 8.83 Å². The summed E-state index contributed by atoms with van der Waals surface area (Å²) < 4.78 is 13.1. The van der Waals surface area contributed by atoms with Crippen molar-refractivity contribution < 1.29 is 8.83 Å². The fraction of sp³-hybridized carbons (Fsp3) is 0.100. The van der Waals surface area contributed by atoms with E-state index in [9.17, 15) is 0 Å². The molecule has 5 rings (SSSR count). The molecule has 0 N–H and O–H groups in total. The molecule has 0 fully saturated rings. The van der Waals surface area contributed by atoms with E-state index in [0.29, 0.717) is 18.3 Å². The Hall–Kier alpha value is -3.74. The summed E-state index contributed by atoms with van der Waals surface area (Å²) in [5.74, 6) is 1.03. The van der Waals surface area contributed by atoms with Crippen molar-refractivity contribution in [2.75, 3.05) is 0 Å². The van der Waals surface area contributed by atoms with Crippen molar-refractivity contribution in [1.29, 1.82) is 0 Å². The smallest absolute Gasteiger partial charge is 0.247 e. The van der Waals surface area contributed by atoms with Crippen LogP contribution >= 0.6 is 0 Å². The van der Waals surface area contributed by atoms with Gasteiger partial charge in [-0.1, -0.05) is 6.07 Å². The van der Waals surface area contributed by atoms with Crippen LogP contribution in [-0.4, -0.2) is 25.0 Å². The number of hydrogen-bond acceptors (Lipinski definition) is 6. The Balaban J connectivity index is 1.51. The molecule has 27 heavy (non-hydrogen) atoms. The Morgan fingerprint density at radius 3 is 2.85 bits per heavy atom. The van der Waals surface area contributed by atoms with Crippen molar-refractivity contribution in [3.63, 3.8) is 0 Å². The summed E-state index contributed by atoms with van der Waals surface area (Å²) >= 11 is 0. The van der Waals surface area contributed by atoms with Gasteiger partial charge in [0.2, 0.25) is 11.8 Å². The monoisotopic (exact) mass is 357 g/mol. The summed E-state index contributed by atoms with van der Waals surface area (Å²) in [5, 5.41) is 13.4. The van der Waals surface area contributed by atoms with Crippen LogP contribution in [0.2, 0.25) is 0 Å². The van der Waals surface area contributed by atoms with E-state index >= 15 is 0 Å². The molecule has 0 spiro atoms. The second kappa shape index (κ2) is 6.21. The molecule has 5 aromatic rings. The molecule has 0 atom stereocenters. The Labute approximate surface area is 154 Å². The third kappa shape index (κ3) is 2.89. The summed E-state index contributed by atoms with van der Waals surface area (Å²) in [7, 11) is 0. The SMILES string of the molecule is Cc1nnc(-c2ccc3occ(-c4cnn(Cc5ccccn5)c4)c3c2)o1. The van der Waals surface area contributed by atoms with E-state index in [1.165, 1.54) is 0 Å². The van der Waals surface area contributed by atoms with E-state index in [1.807, 2.05) is 53.5 Å². The van der Waals surface area contributed by atoms with Gasteiger partial charge < -0.3 is 8.83 Å². The van der Waals surface area contributed by atoms with Gasteiger partial charge in [-0.05, 0) is 30.3 Å². The molecule has 0 aliphatic carbocycles. The van der Waals surface area contributed by atoms with E-state index in [1.54, 1.807) is 19.4 Å². The maximum atomic E-state index is 5.71. The van der Waals surface area contributed by atoms with Crippen LogP contribution in [-0.2, 0) is 6.54 Å². The fourth-order valence-corrected chi connectivity index (χ4v) is 3.05. The molecule has 7 nitrogen and oxygen atoms in total. The van der Waals surface area contributed by atoms with Crippen LogP contribution in [0.1, 0.15) is 11.6 Å². The van der Waals surface area contributed by atoms with Gasteiger partial charge in [0.25, 0.3) is 0 Å². The van der Waals surface area contributed by atoms with Crippen LogP contribution < -0.4 is 0 Å². The number of furan rings is 1. The third-order valence-electron chi connectivity index (χ3n) is 4.34. The van der Waals surface area contributed by atoms with Crippen LogP contribution in [0.4, 0.5) is 0 Å². The largest absolute Gasteiger partial charge is 0.464 e. The minimum atomic E-state index is 0.493. The molecular weight excluding hydrogens is 342 g/mol. The molecule has 0 unspecified atom stereocenters. The first-order valence-corrected chi connectivity index (χ1v) is 8.51. The standard InChI is InChI=1S/C20H15N5O2/c1-13-23-24-20(27-13)14-5-6-19-17(8-14)18(12-26-19)15-9-22-25(10-15)11-16-4-2-3-7-21-16/h2-10,12H,11H2,1H3. The number of hydrogen-bond donors (Lipinski definition) is 0. The number of fused-ring (bicyclic) bond motifs is 1. The summed E-state index contributed by atoms with van der Waals surface area (Å²) in [5.41, 5.74) is 4.55. The molecule has 4 heterocycles. The van der Waals surface area contributed by atoms with Gasteiger partial charge in [-0.15, -0.1) is 10.2 Å². The molecular formula is C20H15N5O2. The van der Waals surface area contributed by atoms with Crippen molar-refractivity contribution in [3.8, 4) is 22.6 Å². The van der Waals surface area contributed by atoms with Crippen LogP contribution in [0, 0.1) is 6.92 Å². The minimum absolute atomic E-state index is 0.493. The highest BCUT2D eigenvalue weighted by molar-refractivity contribution is 5.95. The predicted molar refractivity (Wildman–Crippen MR) is 98.8 cm³/mol. The van der Waals surface area contributed by atoms with Gasteiger partial charge in [0.1, 0.15) is 5.58 Å². The maximum absolute atomic E-state index is 5.71. The lowest BCUT2D eigenvalue weighted by Gasteiger charge is -2.00. The van der Waals surface area contributed by atoms with Gasteiger partial charge in [-0.25, -0.2) is 0 Å². The first-order chi connectivity index (χ1) is 13.3. The molecule has 0 amide bonds. The van der Waals surface area contributed by atoms with Crippen LogP contribution in [0.25, 0.3) is 33.6 Å². The number of pyridine rings is 1. The third-order valence-corrected chi connectivity index (χ3v) is 4.34. The first kappa shape index (κ1) is 15.5. The molecule has 1 aromatic carbocycles. The highest BCUT2D eigenvalue weighted by Crippen LogP contribution is 2.33. The molecule has 0 radical (unpaired) electrons. The van der Waals surface area contributed by atoms with Crippen molar-refractivity contribution in [1.82, 2.24) is 25.0 Å². The van der Waals surface area contributed by atoms with Gasteiger partial charge in [0.15, 0.2) is 0 Å². The van der Waals surface area contributed by atoms with E-state index in [0.717, 1.165) is 33.4 Å². The lowest BCUT2D eigenvalue weighted by molar-refractivity contribution is 0.533. The summed E-state index contributed by atoms with van der Waals surface area (Å²) in [4.78, 5) is 4.34. The number of rotatable bonds is 4. The quantitative estimate of drug-likeness (QED) is 0.482. The molecule has 0 aliphatic rings. The highest BCUT2D eigenvalue weighted by Gasteiger charge is 2.14. The second-order valence-corrected chi connectivity index (χ2v) is 6.23. The van der Waals surface area contributed by atoms with Gasteiger partial charge in [-0.2, -0.15) is 5.10 Å². The van der Waals surface area contributed by atoms with Crippen molar-refractivity contribution in [3.05, 3.63) is 72.8 Å². The van der Waals surface area contributed by atoms with Crippen molar-refractivity contribution in [2.45, 2.75) is 13.5 Å². The molecule has 0 bridgehead atoms. The van der Waals surface area contributed by atoms with Gasteiger partial charge in [0.05, 0.1) is 24.7 Å². The number of benzene rings is 1. The maximum Gasteiger partial charge on any atom is 0.247 e. The molecule has 4 aromatic heterocycles. The highest BCUT2D eigenvalue weighted by atomic mass is 16.4. The summed E-state index contributed by atoms with van der Waals surface area (Å²) in [6, 6.07) is 11.7. The Morgan fingerprint density at radius 1 is 1.07 bits per heavy atom. The predicted octanol–water partition coefficient (Wildman–Crippen LogP) is 4.10. The fourth-order valence-electron chi connectivity index (χ4n) is 3.05. The Morgan fingerprint density at radius 2 is 2.04 bits per heavy atom. The van der Waals surface area contributed by atoms with Gasteiger partial charge >= 0.3 is 0 Å². The Kier molecular flexibility index (Phi) is 3.57. The average Bonchev–Trinajstić information content (AvgIpc) is 3.41. The number of nitrogens with zero attached hydrogens (tertiary/aromatic N) is 5. The van der Waals surface area contributed by atoms with Crippen molar-refractivity contribution in [2.24, 2.45) is 0 Å². The molecule has 0 saturated heterocycles. The van der Waals surface area contributed by atoms with Crippen LogP contribution in [0.5, 0.6) is 0 Å². The topological polar surface area (TPSA) is 82.8 Å². The summed E-state index contributed by atoms with van der Waals surface area (Å²) in [6.45, 7) is 2.39. The van der Waals surface area contributed by atoms with E-state index in [2.05, 4.69) is 20.3 Å². The van der Waals surface area contributed by atoms with E-state index < -0.39 is 0 Å². The minimum Gasteiger partial charge on any atom is -0.464 e. The molecule has 0 saturated carbocycles. The Bertz CT molecular complexity index is 1220. The molecule has 0 aliphatic heterocycles. The average molecular weight is 357 g/mol. The second-order valence-electron chi connectivity index (χ2n) is 6.23. The summed E-state index contributed by atoms with van der Waals surface area (Å²) in [6.07, 6.45) is 7.35. The zero-order chi connectivity index (χ0) is 18.2. The first-order valence-electron chi connectivity index (χ1n) is 8.51. The van der Waals surface area contributed by atoms with E-state index in [-0.39, 0.29) is 0 Å². The molecule has 132 valence electrons. The zero-order valence-corrected chi connectivity index (χ0v) is 14.5. The van der Waals surface area contributed by atoms with Gasteiger partial charge in [0, 0.05) is 41.4 Å². The van der Waals surface area contributed by atoms with Gasteiger partial charge in [-0.3, -0.25) is 9.67 Å². The van der Waals surface area contributed by atoms with Crippen LogP contribution in [0.3, 0.4) is 0 Å². The van der Waals surface area contributed by atoms with Crippen LogP contribution in [0.15, 0.2) is 70.1 Å². The number of aryl methyl sites for hydroxylation is 1.